The van der Waals surface area contributed by atoms with Crippen molar-refractivity contribution in [2.75, 3.05) is 14.1 Å². The van der Waals surface area contributed by atoms with Crippen molar-refractivity contribution in [1.29, 1.82) is 0 Å². The lowest BCUT2D eigenvalue weighted by Gasteiger charge is -2.19. The normalized spacial score (nSPS) is 12.7. The van der Waals surface area contributed by atoms with Crippen LogP contribution in [0.2, 0.25) is 5.02 Å². The zero-order valence-corrected chi connectivity index (χ0v) is 10.9. The molecule has 0 radical (unpaired) electrons. The molecule has 1 amide bonds. The Morgan fingerprint density at radius 3 is 2.71 bits per heavy atom. The molecular formula is C13H15ClN2O. The van der Waals surface area contributed by atoms with Crippen molar-refractivity contribution in [3.8, 4) is 0 Å². The first kappa shape index (κ1) is 12.0. The van der Waals surface area contributed by atoms with Crippen LogP contribution in [-0.2, 0) is 4.79 Å². The summed E-state index contributed by atoms with van der Waals surface area (Å²) in [5.41, 5.74) is 0.986. The topological polar surface area (TPSA) is 25.2 Å². The number of nitrogens with zero attached hydrogens (tertiary/aromatic N) is 2. The van der Waals surface area contributed by atoms with Crippen LogP contribution in [0.5, 0.6) is 0 Å². The third-order valence-corrected chi connectivity index (χ3v) is 3.25. The lowest BCUT2D eigenvalue weighted by atomic mass is 10.2. The van der Waals surface area contributed by atoms with Crippen LogP contribution in [0.4, 0.5) is 0 Å². The molecule has 2 rings (SSSR count). The second-order valence-electron chi connectivity index (χ2n) is 4.30. The van der Waals surface area contributed by atoms with Crippen molar-refractivity contribution >= 4 is 28.4 Å². The molecule has 0 aliphatic carbocycles. The molecule has 2 aromatic rings. The number of fused-ring (bicyclic) bond motifs is 1. The number of halogens is 1. The Balaban J connectivity index is 2.50. The average Bonchev–Trinajstić information content (AvgIpc) is 2.72. The maximum absolute atomic E-state index is 11.9. The summed E-state index contributed by atoms with van der Waals surface area (Å²) in [5.74, 6) is 0.0717. The minimum absolute atomic E-state index is 0.0717. The molecule has 17 heavy (non-hydrogen) atoms. The van der Waals surface area contributed by atoms with E-state index in [9.17, 15) is 4.79 Å². The van der Waals surface area contributed by atoms with E-state index in [1.54, 1.807) is 19.0 Å². The van der Waals surface area contributed by atoms with Crippen LogP contribution in [0, 0.1) is 0 Å². The third kappa shape index (κ3) is 2.03. The second-order valence-corrected chi connectivity index (χ2v) is 4.71. The summed E-state index contributed by atoms with van der Waals surface area (Å²) in [6.07, 6.45) is 1.91. The number of benzene rings is 1. The lowest BCUT2D eigenvalue weighted by molar-refractivity contribution is -0.131. The number of rotatable bonds is 2. The third-order valence-electron chi connectivity index (χ3n) is 2.93. The molecule has 1 unspecified atom stereocenters. The Hall–Kier alpha value is -1.48. The van der Waals surface area contributed by atoms with Gasteiger partial charge in [-0.05, 0) is 25.1 Å². The van der Waals surface area contributed by atoms with Gasteiger partial charge in [0.2, 0.25) is 5.91 Å². The average molecular weight is 251 g/mol. The highest BCUT2D eigenvalue weighted by Crippen LogP contribution is 2.26. The maximum Gasteiger partial charge on any atom is 0.244 e. The Labute approximate surface area is 106 Å². The predicted octanol–water partition coefficient (Wildman–Crippen LogP) is 2.94. The van der Waals surface area contributed by atoms with Gasteiger partial charge in [-0.2, -0.15) is 0 Å². The molecule has 1 aromatic heterocycles. The SMILES string of the molecule is CC(C(=O)N(C)C)n1ccc2c(Cl)cccc21. The molecule has 0 bridgehead atoms. The molecule has 4 heteroatoms. The van der Waals surface area contributed by atoms with Gasteiger partial charge in [0.05, 0.1) is 5.52 Å². The van der Waals surface area contributed by atoms with Crippen molar-refractivity contribution in [3.63, 3.8) is 0 Å². The molecule has 0 spiro atoms. The molecule has 3 nitrogen and oxygen atoms in total. The van der Waals surface area contributed by atoms with E-state index < -0.39 is 0 Å². The van der Waals surface area contributed by atoms with Gasteiger partial charge < -0.3 is 9.47 Å². The molecule has 0 saturated carbocycles. The summed E-state index contributed by atoms with van der Waals surface area (Å²) in [7, 11) is 3.52. The second kappa shape index (κ2) is 4.41. The molecule has 0 N–H and O–H groups in total. The number of carbonyl (C=O) groups excluding carboxylic acids is 1. The largest absolute Gasteiger partial charge is 0.347 e. The first-order chi connectivity index (χ1) is 8.02. The summed E-state index contributed by atoms with van der Waals surface area (Å²) in [5, 5.41) is 1.69. The number of carbonyl (C=O) groups is 1. The van der Waals surface area contributed by atoms with E-state index in [0.717, 1.165) is 10.9 Å². The maximum atomic E-state index is 11.9. The Bertz CT molecular complexity index is 560. The summed E-state index contributed by atoms with van der Waals surface area (Å²) in [4.78, 5) is 13.5. The Morgan fingerprint density at radius 1 is 1.35 bits per heavy atom. The smallest absolute Gasteiger partial charge is 0.244 e. The van der Waals surface area contributed by atoms with Gasteiger partial charge in [0.1, 0.15) is 6.04 Å². The highest BCUT2D eigenvalue weighted by molar-refractivity contribution is 6.35. The molecular weight excluding hydrogens is 236 g/mol. The standard InChI is InChI=1S/C13H15ClN2O/c1-9(13(17)15(2)3)16-8-7-10-11(14)5-4-6-12(10)16/h4-9H,1-3H3. The van der Waals surface area contributed by atoms with Crippen molar-refractivity contribution in [1.82, 2.24) is 9.47 Å². The Kier molecular flexibility index (Phi) is 3.11. The van der Waals surface area contributed by atoms with E-state index in [4.69, 9.17) is 11.6 Å². The number of hydrogen-bond acceptors (Lipinski definition) is 1. The van der Waals surface area contributed by atoms with E-state index in [0.29, 0.717) is 5.02 Å². The van der Waals surface area contributed by atoms with Crippen LogP contribution in [0.1, 0.15) is 13.0 Å². The van der Waals surface area contributed by atoms with E-state index in [-0.39, 0.29) is 11.9 Å². The highest BCUT2D eigenvalue weighted by atomic mass is 35.5. The first-order valence-electron chi connectivity index (χ1n) is 5.48. The Morgan fingerprint density at radius 2 is 2.06 bits per heavy atom. The van der Waals surface area contributed by atoms with Gasteiger partial charge in [-0.25, -0.2) is 0 Å². The van der Waals surface area contributed by atoms with Gasteiger partial charge in [0.15, 0.2) is 0 Å². The van der Waals surface area contributed by atoms with E-state index >= 15 is 0 Å². The van der Waals surface area contributed by atoms with Crippen molar-refractivity contribution in [2.45, 2.75) is 13.0 Å². The zero-order chi connectivity index (χ0) is 12.6. The lowest BCUT2D eigenvalue weighted by Crippen LogP contribution is -2.29. The van der Waals surface area contributed by atoms with Gasteiger partial charge in [-0.15, -0.1) is 0 Å². The number of aromatic nitrogens is 1. The summed E-state index contributed by atoms with van der Waals surface area (Å²) in [6.45, 7) is 1.89. The number of likely N-dealkylation sites (N-methyl/N-ethyl adjacent to an activating group) is 1. The van der Waals surface area contributed by atoms with Crippen LogP contribution >= 0.6 is 11.6 Å². The van der Waals surface area contributed by atoms with Gasteiger partial charge in [-0.3, -0.25) is 4.79 Å². The number of amides is 1. The molecule has 0 fully saturated rings. The van der Waals surface area contributed by atoms with E-state index in [2.05, 4.69) is 0 Å². The predicted molar refractivity (Wildman–Crippen MR) is 70.4 cm³/mol. The van der Waals surface area contributed by atoms with Gasteiger partial charge in [0.25, 0.3) is 0 Å². The molecule has 1 aromatic carbocycles. The van der Waals surface area contributed by atoms with E-state index in [1.807, 2.05) is 42.0 Å². The van der Waals surface area contributed by atoms with Gasteiger partial charge in [0, 0.05) is 30.7 Å². The van der Waals surface area contributed by atoms with Crippen molar-refractivity contribution in [3.05, 3.63) is 35.5 Å². The van der Waals surface area contributed by atoms with Crippen LogP contribution in [-0.4, -0.2) is 29.5 Å². The van der Waals surface area contributed by atoms with Gasteiger partial charge >= 0.3 is 0 Å². The summed E-state index contributed by atoms with van der Waals surface area (Å²) in [6, 6.07) is 7.44. The van der Waals surface area contributed by atoms with Crippen molar-refractivity contribution in [2.24, 2.45) is 0 Å². The molecule has 1 atom stereocenters. The molecule has 0 saturated heterocycles. The fraction of sp³-hybridized carbons (Fsp3) is 0.308. The molecule has 0 aliphatic heterocycles. The van der Waals surface area contributed by atoms with E-state index in [1.165, 1.54) is 0 Å². The fourth-order valence-electron chi connectivity index (χ4n) is 1.98. The minimum atomic E-state index is -0.221. The number of hydrogen-bond donors (Lipinski definition) is 0. The van der Waals surface area contributed by atoms with Crippen molar-refractivity contribution < 1.29 is 4.79 Å². The summed E-state index contributed by atoms with van der Waals surface area (Å²) < 4.78 is 1.95. The fourth-order valence-corrected chi connectivity index (χ4v) is 2.21. The van der Waals surface area contributed by atoms with Crippen LogP contribution in [0.3, 0.4) is 0 Å². The first-order valence-corrected chi connectivity index (χ1v) is 5.86. The van der Waals surface area contributed by atoms with Gasteiger partial charge in [-0.1, -0.05) is 17.7 Å². The minimum Gasteiger partial charge on any atom is -0.347 e. The van der Waals surface area contributed by atoms with Crippen LogP contribution in [0.25, 0.3) is 10.9 Å². The molecule has 90 valence electrons. The zero-order valence-electron chi connectivity index (χ0n) is 10.1. The molecule has 0 aliphatic rings. The summed E-state index contributed by atoms with van der Waals surface area (Å²) >= 11 is 6.11. The van der Waals surface area contributed by atoms with Crippen LogP contribution < -0.4 is 0 Å². The van der Waals surface area contributed by atoms with Crippen LogP contribution in [0.15, 0.2) is 30.5 Å². The monoisotopic (exact) mass is 250 g/mol. The molecule has 1 heterocycles. The highest BCUT2D eigenvalue weighted by Gasteiger charge is 2.18. The quantitative estimate of drug-likeness (QED) is 0.805.